The number of carbonyl (C=O) groups is 1. The maximum Gasteiger partial charge on any atom is 0.263 e. The molecule has 1 saturated carbocycles. The third-order valence-corrected chi connectivity index (χ3v) is 3.70. The van der Waals surface area contributed by atoms with Crippen molar-refractivity contribution in [2.75, 3.05) is 6.54 Å². The second-order valence-corrected chi connectivity index (χ2v) is 5.35. The fourth-order valence-electron chi connectivity index (χ4n) is 2.48. The van der Waals surface area contributed by atoms with Crippen LogP contribution in [0, 0.1) is 5.41 Å². The standard InChI is InChI=1S/C13H19N3O2/c1-13(5-3-2-4-6-13)8-15-11(17)10-7-14-9-16-12(10)18/h7,9H,2-6,8H2,1H3,(H,15,17)(H,14,16,18). The number of carbonyl (C=O) groups excluding carboxylic acids is 1. The molecule has 0 unspecified atom stereocenters. The second-order valence-electron chi connectivity index (χ2n) is 5.35. The van der Waals surface area contributed by atoms with Crippen LogP contribution in [0.4, 0.5) is 0 Å². The molecule has 0 aromatic carbocycles. The molecule has 18 heavy (non-hydrogen) atoms. The average molecular weight is 249 g/mol. The fraction of sp³-hybridized carbons (Fsp3) is 0.615. The van der Waals surface area contributed by atoms with Gasteiger partial charge in [-0.15, -0.1) is 0 Å². The van der Waals surface area contributed by atoms with Crippen molar-refractivity contribution < 1.29 is 4.79 Å². The summed E-state index contributed by atoms with van der Waals surface area (Å²) in [5, 5.41) is 2.85. The highest BCUT2D eigenvalue weighted by molar-refractivity contribution is 5.93. The van der Waals surface area contributed by atoms with Crippen LogP contribution in [0.15, 0.2) is 17.3 Å². The fourth-order valence-corrected chi connectivity index (χ4v) is 2.48. The lowest BCUT2D eigenvalue weighted by atomic mass is 9.76. The summed E-state index contributed by atoms with van der Waals surface area (Å²) in [5.74, 6) is -0.337. The quantitative estimate of drug-likeness (QED) is 0.851. The molecule has 2 rings (SSSR count). The van der Waals surface area contributed by atoms with Crippen LogP contribution < -0.4 is 10.9 Å². The van der Waals surface area contributed by atoms with Crippen molar-refractivity contribution in [1.29, 1.82) is 0 Å². The number of hydrogen-bond acceptors (Lipinski definition) is 3. The van der Waals surface area contributed by atoms with E-state index in [1.54, 1.807) is 0 Å². The van der Waals surface area contributed by atoms with Crippen molar-refractivity contribution >= 4 is 5.91 Å². The lowest BCUT2D eigenvalue weighted by molar-refractivity contribution is 0.0917. The smallest absolute Gasteiger partial charge is 0.263 e. The van der Waals surface area contributed by atoms with E-state index in [1.165, 1.54) is 31.8 Å². The predicted octanol–water partition coefficient (Wildman–Crippen LogP) is 1.47. The Bertz CT molecular complexity index is 475. The van der Waals surface area contributed by atoms with Gasteiger partial charge in [0.15, 0.2) is 0 Å². The largest absolute Gasteiger partial charge is 0.351 e. The molecular weight excluding hydrogens is 230 g/mol. The molecule has 1 amide bonds. The molecule has 1 fully saturated rings. The van der Waals surface area contributed by atoms with Gasteiger partial charge in [-0.3, -0.25) is 9.59 Å². The van der Waals surface area contributed by atoms with E-state index in [1.807, 2.05) is 0 Å². The maximum absolute atomic E-state index is 11.9. The molecule has 0 bridgehead atoms. The summed E-state index contributed by atoms with van der Waals surface area (Å²) in [6.07, 6.45) is 8.58. The van der Waals surface area contributed by atoms with Crippen molar-refractivity contribution in [3.05, 3.63) is 28.4 Å². The molecule has 0 radical (unpaired) electrons. The topological polar surface area (TPSA) is 74.8 Å². The van der Waals surface area contributed by atoms with Gasteiger partial charge in [-0.25, -0.2) is 4.98 Å². The van der Waals surface area contributed by atoms with Crippen LogP contribution >= 0.6 is 0 Å². The normalized spacial score (nSPS) is 18.3. The minimum absolute atomic E-state index is 0.0805. The zero-order valence-corrected chi connectivity index (χ0v) is 10.7. The highest BCUT2D eigenvalue weighted by Gasteiger charge is 2.27. The molecule has 1 aromatic rings. The molecule has 98 valence electrons. The van der Waals surface area contributed by atoms with Crippen LogP contribution in [0.1, 0.15) is 49.4 Å². The van der Waals surface area contributed by atoms with Crippen LogP contribution in [0.5, 0.6) is 0 Å². The number of amides is 1. The van der Waals surface area contributed by atoms with Gasteiger partial charge in [0, 0.05) is 12.7 Å². The summed E-state index contributed by atoms with van der Waals surface area (Å²) in [5.41, 5.74) is -0.142. The molecule has 1 aliphatic carbocycles. The summed E-state index contributed by atoms with van der Waals surface area (Å²) < 4.78 is 0. The van der Waals surface area contributed by atoms with E-state index in [-0.39, 0.29) is 16.9 Å². The minimum atomic E-state index is -0.392. The van der Waals surface area contributed by atoms with Crippen LogP contribution in [0.3, 0.4) is 0 Å². The molecule has 5 heteroatoms. The minimum Gasteiger partial charge on any atom is -0.351 e. The Morgan fingerprint density at radius 3 is 2.83 bits per heavy atom. The van der Waals surface area contributed by atoms with Gasteiger partial charge in [0.05, 0.1) is 6.33 Å². The maximum atomic E-state index is 11.9. The van der Waals surface area contributed by atoms with Crippen LogP contribution in [0.2, 0.25) is 0 Å². The van der Waals surface area contributed by atoms with Gasteiger partial charge in [-0.1, -0.05) is 26.2 Å². The number of hydrogen-bond donors (Lipinski definition) is 2. The van der Waals surface area contributed by atoms with E-state index >= 15 is 0 Å². The first kappa shape index (κ1) is 12.8. The number of rotatable bonds is 3. The second kappa shape index (κ2) is 5.33. The highest BCUT2D eigenvalue weighted by Crippen LogP contribution is 2.34. The summed E-state index contributed by atoms with van der Waals surface area (Å²) in [4.78, 5) is 29.5. The number of nitrogens with one attached hydrogen (secondary N) is 2. The van der Waals surface area contributed by atoms with Crippen molar-refractivity contribution in [1.82, 2.24) is 15.3 Å². The van der Waals surface area contributed by atoms with E-state index in [4.69, 9.17) is 0 Å². The van der Waals surface area contributed by atoms with Crippen LogP contribution in [-0.4, -0.2) is 22.4 Å². The average Bonchev–Trinajstić information content (AvgIpc) is 2.38. The number of nitrogens with zero attached hydrogens (tertiary/aromatic N) is 1. The Morgan fingerprint density at radius 2 is 2.17 bits per heavy atom. The Morgan fingerprint density at radius 1 is 1.44 bits per heavy atom. The monoisotopic (exact) mass is 249 g/mol. The van der Waals surface area contributed by atoms with Crippen LogP contribution in [-0.2, 0) is 0 Å². The number of aromatic amines is 1. The Balaban J connectivity index is 1.96. The first-order chi connectivity index (χ1) is 8.61. The van der Waals surface area contributed by atoms with Gasteiger partial charge in [0.2, 0.25) is 0 Å². The lowest BCUT2D eigenvalue weighted by Gasteiger charge is -2.33. The highest BCUT2D eigenvalue weighted by atomic mass is 16.2. The molecule has 0 saturated heterocycles. The van der Waals surface area contributed by atoms with E-state index in [9.17, 15) is 9.59 Å². The van der Waals surface area contributed by atoms with Gasteiger partial charge in [-0.2, -0.15) is 0 Å². The number of H-pyrrole nitrogens is 1. The van der Waals surface area contributed by atoms with E-state index in [0.717, 1.165) is 12.8 Å². The molecule has 1 aromatic heterocycles. The Labute approximate surface area is 106 Å². The Hall–Kier alpha value is -1.65. The predicted molar refractivity (Wildman–Crippen MR) is 68.4 cm³/mol. The first-order valence-electron chi connectivity index (χ1n) is 6.42. The molecule has 2 N–H and O–H groups in total. The number of aromatic nitrogens is 2. The molecule has 0 spiro atoms. The Kier molecular flexibility index (Phi) is 3.79. The third kappa shape index (κ3) is 2.97. The molecule has 1 aliphatic rings. The third-order valence-electron chi connectivity index (χ3n) is 3.70. The zero-order chi connectivity index (χ0) is 13.0. The SMILES string of the molecule is CC1(CNC(=O)c2cnc[nH]c2=O)CCCCC1. The molecule has 0 aliphatic heterocycles. The van der Waals surface area contributed by atoms with Crippen molar-refractivity contribution in [2.24, 2.45) is 5.41 Å². The van der Waals surface area contributed by atoms with E-state index in [2.05, 4.69) is 22.2 Å². The van der Waals surface area contributed by atoms with Gasteiger partial charge in [0.25, 0.3) is 11.5 Å². The van der Waals surface area contributed by atoms with Crippen LogP contribution in [0.25, 0.3) is 0 Å². The van der Waals surface area contributed by atoms with Crippen molar-refractivity contribution in [3.63, 3.8) is 0 Å². The van der Waals surface area contributed by atoms with E-state index in [0.29, 0.717) is 6.54 Å². The summed E-state index contributed by atoms with van der Waals surface area (Å²) in [7, 11) is 0. The zero-order valence-electron chi connectivity index (χ0n) is 10.7. The summed E-state index contributed by atoms with van der Waals surface area (Å²) in [6.45, 7) is 2.82. The molecule has 0 atom stereocenters. The van der Waals surface area contributed by atoms with Crippen molar-refractivity contribution in [3.8, 4) is 0 Å². The molecule has 1 heterocycles. The first-order valence-corrected chi connectivity index (χ1v) is 6.42. The van der Waals surface area contributed by atoms with Gasteiger partial charge >= 0.3 is 0 Å². The summed E-state index contributed by atoms with van der Waals surface area (Å²) >= 11 is 0. The van der Waals surface area contributed by atoms with Crippen molar-refractivity contribution in [2.45, 2.75) is 39.0 Å². The van der Waals surface area contributed by atoms with Gasteiger partial charge in [0.1, 0.15) is 5.56 Å². The van der Waals surface area contributed by atoms with E-state index < -0.39 is 5.56 Å². The van der Waals surface area contributed by atoms with Gasteiger partial charge < -0.3 is 10.3 Å². The lowest BCUT2D eigenvalue weighted by Crippen LogP contribution is -2.38. The molecular formula is C13H19N3O2. The molecule has 5 nitrogen and oxygen atoms in total. The summed E-state index contributed by atoms with van der Waals surface area (Å²) in [6, 6.07) is 0. The van der Waals surface area contributed by atoms with Gasteiger partial charge in [-0.05, 0) is 18.3 Å².